The first-order valence-electron chi connectivity index (χ1n) is 6.77. The van der Waals surface area contributed by atoms with Crippen molar-refractivity contribution >= 4 is 29.4 Å². The fourth-order valence-electron chi connectivity index (χ4n) is 2.22. The zero-order chi connectivity index (χ0) is 15.9. The molecule has 114 valence electrons. The molecule has 0 saturated carbocycles. The van der Waals surface area contributed by atoms with Gasteiger partial charge in [-0.1, -0.05) is 23.9 Å². The van der Waals surface area contributed by atoms with Crippen molar-refractivity contribution in [1.82, 2.24) is 0 Å². The first-order valence-corrected chi connectivity index (χ1v) is 7.58. The van der Waals surface area contributed by atoms with Crippen LogP contribution in [-0.2, 0) is 19.1 Å². The van der Waals surface area contributed by atoms with Crippen LogP contribution < -0.4 is 4.90 Å². The Morgan fingerprint density at radius 3 is 2.36 bits per heavy atom. The quantitative estimate of drug-likeness (QED) is 0.451. The zero-order valence-electron chi connectivity index (χ0n) is 12.5. The average molecular weight is 317 g/mol. The van der Waals surface area contributed by atoms with E-state index in [-0.39, 0.29) is 5.57 Å². The monoisotopic (exact) mass is 317 g/mol. The Labute approximate surface area is 132 Å². The lowest BCUT2D eigenvalue weighted by atomic mass is 10.2. The number of cyclic esters (lactones) is 2. The molecule has 0 N–H and O–H groups in total. The molecule has 0 aliphatic carbocycles. The van der Waals surface area contributed by atoms with Crippen LogP contribution in [0.3, 0.4) is 0 Å². The highest BCUT2D eigenvalue weighted by Gasteiger charge is 2.38. The van der Waals surface area contributed by atoms with Gasteiger partial charge in [-0.15, -0.1) is 0 Å². The maximum absolute atomic E-state index is 11.9. The minimum Gasteiger partial charge on any atom is -0.419 e. The van der Waals surface area contributed by atoms with Gasteiger partial charge in [0, 0.05) is 25.8 Å². The summed E-state index contributed by atoms with van der Waals surface area (Å²) >= 11 is 1.57. The number of carbonyl (C=O) groups excluding carboxylic acids is 2. The highest BCUT2D eigenvalue weighted by atomic mass is 32.2. The van der Waals surface area contributed by atoms with Crippen molar-refractivity contribution in [3.63, 3.8) is 0 Å². The summed E-state index contributed by atoms with van der Waals surface area (Å²) in [5, 5.41) is 0.916. The summed E-state index contributed by atoms with van der Waals surface area (Å²) in [6.45, 7) is 3.05. The van der Waals surface area contributed by atoms with Crippen LogP contribution in [0.25, 0.3) is 0 Å². The number of benzene rings is 1. The van der Waals surface area contributed by atoms with E-state index in [4.69, 9.17) is 9.47 Å². The maximum Gasteiger partial charge on any atom is 0.348 e. The number of rotatable bonds is 1. The lowest BCUT2D eigenvalue weighted by Crippen LogP contribution is -2.41. The average Bonchev–Trinajstić information content (AvgIpc) is 2.74. The molecule has 0 aromatic heterocycles. The third-order valence-electron chi connectivity index (χ3n) is 3.28. The first-order chi connectivity index (χ1) is 10.4. The molecule has 0 amide bonds. The van der Waals surface area contributed by atoms with Crippen LogP contribution in [0.15, 0.2) is 51.9 Å². The summed E-state index contributed by atoms with van der Waals surface area (Å²) in [6, 6.07) is 7.98. The summed E-state index contributed by atoms with van der Waals surface area (Å²) in [5.41, 5.74) is 0.990. The molecule has 0 radical (unpaired) electrons. The standard InChI is InChI=1S/C16H15NO4S/c1-16(2)20-14(18)10(15(19)21-16)8-9-13-17(3)11-6-4-5-7-12(11)22-13/h4-9H,1-3H3/b13-9+. The Morgan fingerprint density at radius 2 is 1.73 bits per heavy atom. The van der Waals surface area contributed by atoms with Gasteiger partial charge in [-0.25, -0.2) is 9.59 Å². The maximum atomic E-state index is 11.9. The van der Waals surface area contributed by atoms with E-state index in [9.17, 15) is 9.59 Å². The van der Waals surface area contributed by atoms with E-state index in [2.05, 4.69) is 0 Å². The minimum atomic E-state index is -1.21. The number of allylic oxidation sites excluding steroid dienone is 2. The molecule has 2 heterocycles. The summed E-state index contributed by atoms with van der Waals surface area (Å²) in [5.74, 6) is -2.55. The Hall–Kier alpha value is -2.21. The molecule has 0 atom stereocenters. The number of hydrogen-bond acceptors (Lipinski definition) is 6. The van der Waals surface area contributed by atoms with Gasteiger partial charge in [0.15, 0.2) is 0 Å². The van der Waals surface area contributed by atoms with Crippen LogP contribution in [0, 0.1) is 0 Å². The SMILES string of the molecule is CN1/C(=C\C=C2C(=O)OC(C)(C)OC2=O)Sc2ccccc21. The number of ether oxygens (including phenoxy) is 2. The first kappa shape index (κ1) is 14.7. The number of esters is 2. The van der Waals surface area contributed by atoms with Gasteiger partial charge in [-0.3, -0.25) is 0 Å². The molecule has 22 heavy (non-hydrogen) atoms. The van der Waals surface area contributed by atoms with Gasteiger partial charge in [0.2, 0.25) is 0 Å². The van der Waals surface area contributed by atoms with Crippen molar-refractivity contribution in [1.29, 1.82) is 0 Å². The van der Waals surface area contributed by atoms with Crippen molar-refractivity contribution < 1.29 is 19.1 Å². The molecule has 5 nitrogen and oxygen atoms in total. The Bertz CT molecular complexity index is 699. The number of nitrogens with zero attached hydrogens (tertiary/aromatic N) is 1. The van der Waals surface area contributed by atoms with Crippen LogP contribution in [0.5, 0.6) is 0 Å². The van der Waals surface area contributed by atoms with E-state index >= 15 is 0 Å². The third-order valence-corrected chi connectivity index (χ3v) is 4.47. The van der Waals surface area contributed by atoms with Crippen molar-refractivity contribution in [2.24, 2.45) is 0 Å². The van der Waals surface area contributed by atoms with Gasteiger partial charge in [0.1, 0.15) is 5.57 Å². The molecular formula is C16H15NO4S. The van der Waals surface area contributed by atoms with Crippen molar-refractivity contribution in [2.45, 2.75) is 24.5 Å². The van der Waals surface area contributed by atoms with Gasteiger partial charge >= 0.3 is 11.9 Å². The van der Waals surface area contributed by atoms with Gasteiger partial charge in [-0.05, 0) is 24.3 Å². The fourth-order valence-corrected chi connectivity index (χ4v) is 3.27. The molecule has 0 bridgehead atoms. The van der Waals surface area contributed by atoms with Crippen LogP contribution in [0.4, 0.5) is 5.69 Å². The molecule has 6 heteroatoms. The smallest absolute Gasteiger partial charge is 0.348 e. The number of thioether (sulfide) groups is 1. The molecule has 2 aliphatic heterocycles. The topological polar surface area (TPSA) is 55.8 Å². The minimum absolute atomic E-state index is 0.100. The van der Waals surface area contributed by atoms with E-state index in [1.165, 1.54) is 19.9 Å². The van der Waals surface area contributed by atoms with Crippen molar-refractivity contribution in [2.75, 3.05) is 11.9 Å². The third kappa shape index (κ3) is 2.62. The van der Waals surface area contributed by atoms with E-state index in [1.54, 1.807) is 17.8 Å². The second-order valence-corrected chi connectivity index (χ2v) is 6.46. The lowest BCUT2D eigenvalue weighted by Gasteiger charge is -2.29. The van der Waals surface area contributed by atoms with E-state index in [0.29, 0.717) is 0 Å². The number of anilines is 1. The second-order valence-electron chi connectivity index (χ2n) is 5.39. The molecule has 1 aromatic carbocycles. The van der Waals surface area contributed by atoms with Crippen LogP contribution in [0.2, 0.25) is 0 Å². The fraction of sp³-hybridized carbons (Fsp3) is 0.250. The lowest BCUT2D eigenvalue weighted by molar-refractivity contribution is -0.222. The summed E-state index contributed by atoms with van der Waals surface area (Å²) in [4.78, 5) is 26.9. The molecule has 1 saturated heterocycles. The number of para-hydroxylation sites is 1. The normalized spacial score (nSPS) is 21.5. The van der Waals surface area contributed by atoms with Crippen LogP contribution in [0.1, 0.15) is 13.8 Å². The van der Waals surface area contributed by atoms with Crippen LogP contribution >= 0.6 is 11.8 Å². The Morgan fingerprint density at radius 1 is 1.09 bits per heavy atom. The highest BCUT2D eigenvalue weighted by molar-refractivity contribution is 8.03. The predicted molar refractivity (Wildman–Crippen MR) is 83.1 cm³/mol. The van der Waals surface area contributed by atoms with Gasteiger partial charge in [-0.2, -0.15) is 0 Å². The van der Waals surface area contributed by atoms with Gasteiger partial charge < -0.3 is 14.4 Å². The number of carbonyl (C=O) groups is 2. The molecule has 0 spiro atoms. The van der Waals surface area contributed by atoms with Crippen molar-refractivity contribution in [3.8, 4) is 0 Å². The molecule has 1 fully saturated rings. The van der Waals surface area contributed by atoms with Crippen LogP contribution in [-0.4, -0.2) is 24.8 Å². The van der Waals surface area contributed by atoms with Gasteiger partial charge in [0.25, 0.3) is 5.79 Å². The molecule has 3 rings (SSSR count). The second kappa shape index (κ2) is 5.21. The van der Waals surface area contributed by atoms with Gasteiger partial charge in [0.05, 0.1) is 10.7 Å². The number of fused-ring (bicyclic) bond motifs is 1. The largest absolute Gasteiger partial charge is 0.419 e. The van der Waals surface area contributed by atoms with E-state index < -0.39 is 17.7 Å². The van der Waals surface area contributed by atoms with Crippen molar-refractivity contribution in [3.05, 3.63) is 47.0 Å². The Kier molecular flexibility index (Phi) is 3.48. The summed E-state index contributed by atoms with van der Waals surface area (Å²) in [7, 11) is 1.93. The zero-order valence-corrected chi connectivity index (χ0v) is 13.3. The highest BCUT2D eigenvalue weighted by Crippen LogP contribution is 2.44. The number of hydrogen-bond donors (Lipinski definition) is 0. The van der Waals surface area contributed by atoms with E-state index in [1.807, 2.05) is 36.2 Å². The summed E-state index contributed by atoms with van der Waals surface area (Å²) < 4.78 is 10.1. The summed E-state index contributed by atoms with van der Waals surface area (Å²) in [6.07, 6.45) is 3.17. The Balaban J connectivity index is 1.86. The predicted octanol–water partition coefficient (Wildman–Crippen LogP) is 2.83. The molecular weight excluding hydrogens is 302 g/mol. The molecule has 2 aliphatic rings. The molecule has 1 aromatic rings. The molecule has 0 unspecified atom stereocenters. The van der Waals surface area contributed by atoms with E-state index in [0.717, 1.165) is 15.6 Å².